The van der Waals surface area contributed by atoms with E-state index >= 15 is 0 Å². The second-order valence-electron chi connectivity index (χ2n) is 4.75. The largest absolute Gasteiger partial charge is 0.378 e. The zero-order valence-corrected chi connectivity index (χ0v) is 8.83. The molecule has 0 bridgehead atoms. The van der Waals surface area contributed by atoms with Gasteiger partial charge in [0.25, 0.3) is 0 Å². The lowest BCUT2D eigenvalue weighted by molar-refractivity contribution is -0.00940. The molecule has 0 radical (unpaired) electrons. The Morgan fingerprint density at radius 1 is 1.31 bits per heavy atom. The van der Waals surface area contributed by atoms with Crippen LogP contribution in [-0.4, -0.2) is 37.2 Å². The first-order valence-electron chi connectivity index (χ1n) is 5.57. The van der Waals surface area contributed by atoms with Crippen molar-refractivity contribution in [2.45, 2.75) is 44.8 Å². The van der Waals surface area contributed by atoms with Crippen LogP contribution in [0.4, 0.5) is 0 Å². The van der Waals surface area contributed by atoms with Gasteiger partial charge in [-0.1, -0.05) is 0 Å². The highest BCUT2D eigenvalue weighted by molar-refractivity contribution is 4.79. The fraction of sp³-hybridized carbons (Fsp3) is 1.00. The summed E-state index contributed by atoms with van der Waals surface area (Å²) >= 11 is 0. The van der Waals surface area contributed by atoms with Crippen molar-refractivity contribution in [3.8, 4) is 0 Å². The number of rotatable bonds is 3. The predicted molar refractivity (Wildman–Crippen MR) is 53.8 cm³/mol. The molecule has 1 saturated carbocycles. The summed E-state index contributed by atoms with van der Waals surface area (Å²) in [5, 5.41) is 0. The van der Waals surface area contributed by atoms with E-state index in [0.29, 0.717) is 12.1 Å². The van der Waals surface area contributed by atoms with Gasteiger partial charge in [0, 0.05) is 19.2 Å². The lowest BCUT2D eigenvalue weighted by Gasteiger charge is -2.34. The molecule has 2 nitrogen and oxygen atoms in total. The van der Waals surface area contributed by atoms with Crippen molar-refractivity contribution >= 4 is 0 Å². The number of piperidine rings is 1. The summed E-state index contributed by atoms with van der Waals surface area (Å²) in [6, 6.07) is 0.706. The molecule has 1 aliphatic heterocycles. The van der Waals surface area contributed by atoms with Gasteiger partial charge in [-0.15, -0.1) is 0 Å². The average Bonchev–Trinajstić information content (AvgIpc) is 2.91. The molecule has 1 saturated heterocycles. The van der Waals surface area contributed by atoms with Crippen LogP contribution in [0.15, 0.2) is 0 Å². The van der Waals surface area contributed by atoms with Gasteiger partial charge in [0.1, 0.15) is 0 Å². The van der Waals surface area contributed by atoms with Gasteiger partial charge in [-0.3, -0.25) is 0 Å². The standard InChI is InChI=1S/C11H21NO/c1-9-7-11(5-6-12(9)2)13-8-10-3-4-10/h9-11H,3-8H2,1-2H3/t9-,11?/m1/s1. The molecule has 0 N–H and O–H groups in total. The SMILES string of the molecule is C[C@@H]1CC(OCC2CC2)CCN1C. The first-order chi connectivity index (χ1) is 6.25. The van der Waals surface area contributed by atoms with Gasteiger partial charge >= 0.3 is 0 Å². The van der Waals surface area contributed by atoms with Gasteiger partial charge < -0.3 is 9.64 Å². The quantitative estimate of drug-likeness (QED) is 0.662. The molecule has 2 fully saturated rings. The molecule has 0 aromatic rings. The zero-order valence-electron chi connectivity index (χ0n) is 8.83. The van der Waals surface area contributed by atoms with Crippen LogP contribution in [0.5, 0.6) is 0 Å². The van der Waals surface area contributed by atoms with E-state index in [1.165, 1.54) is 32.2 Å². The lowest BCUT2D eigenvalue weighted by Crippen LogP contribution is -2.41. The number of hydrogen-bond acceptors (Lipinski definition) is 2. The fourth-order valence-corrected chi connectivity index (χ4v) is 1.95. The Morgan fingerprint density at radius 3 is 2.69 bits per heavy atom. The molecule has 0 amide bonds. The Balaban J connectivity index is 1.68. The Kier molecular flexibility index (Phi) is 2.89. The van der Waals surface area contributed by atoms with E-state index in [-0.39, 0.29) is 0 Å². The highest BCUT2D eigenvalue weighted by Gasteiger charge is 2.26. The fourth-order valence-electron chi connectivity index (χ4n) is 1.95. The third kappa shape index (κ3) is 2.68. The monoisotopic (exact) mass is 183 g/mol. The Bertz CT molecular complexity index is 167. The molecule has 2 heteroatoms. The molecule has 2 aliphatic rings. The highest BCUT2D eigenvalue weighted by Crippen LogP contribution is 2.30. The van der Waals surface area contributed by atoms with Crippen LogP contribution in [0.1, 0.15) is 32.6 Å². The van der Waals surface area contributed by atoms with Crippen LogP contribution in [0, 0.1) is 5.92 Å². The molecular formula is C11H21NO. The smallest absolute Gasteiger partial charge is 0.0602 e. The van der Waals surface area contributed by atoms with Gasteiger partial charge in [0.15, 0.2) is 0 Å². The predicted octanol–water partition coefficient (Wildman–Crippen LogP) is 1.90. The molecule has 76 valence electrons. The van der Waals surface area contributed by atoms with Gasteiger partial charge in [-0.05, 0) is 45.6 Å². The molecule has 13 heavy (non-hydrogen) atoms. The van der Waals surface area contributed by atoms with Crippen LogP contribution in [0.2, 0.25) is 0 Å². The zero-order chi connectivity index (χ0) is 9.26. The maximum absolute atomic E-state index is 5.90. The maximum atomic E-state index is 5.90. The molecule has 1 aliphatic carbocycles. The average molecular weight is 183 g/mol. The molecule has 1 unspecified atom stereocenters. The van der Waals surface area contributed by atoms with E-state index in [2.05, 4.69) is 18.9 Å². The molecular weight excluding hydrogens is 162 g/mol. The molecule has 0 aromatic heterocycles. The first-order valence-corrected chi connectivity index (χ1v) is 5.57. The summed E-state index contributed by atoms with van der Waals surface area (Å²) in [5.41, 5.74) is 0. The van der Waals surface area contributed by atoms with Gasteiger partial charge in [-0.2, -0.15) is 0 Å². The normalized spacial score (nSPS) is 36.5. The first kappa shape index (κ1) is 9.47. The molecule has 0 spiro atoms. The minimum Gasteiger partial charge on any atom is -0.378 e. The van der Waals surface area contributed by atoms with Crippen LogP contribution in [-0.2, 0) is 4.74 Å². The summed E-state index contributed by atoms with van der Waals surface area (Å²) in [6.45, 7) is 4.53. The van der Waals surface area contributed by atoms with Crippen molar-refractivity contribution < 1.29 is 4.74 Å². The number of nitrogens with zero attached hydrogens (tertiary/aromatic N) is 1. The molecule has 2 atom stereocenters. The van der Waals surface area contributed by atoms with E-state index in [1.54, 1.807) is 0 Å². The van der Waals surface area contributed by atoms with Gasteiger partial charge in [-0.25, -0.2) is 0 Å². The third-order valence-corrected chi connectivity index (χ3v) is 3.42. The van der Waals surface area contributed by atoms with Gasteiger partial charge in [0.05, 0.1) is 6.10 Å². The van der Waals surface area contributed by atoms with E-state index < -0.39 is 0 Å². The summed E-state index contributed by atoms with van der Waals surface area (Å²) < 4.78 is 5.90. The summed E-state index contributed by atoms with van der Waals surface area (Å²) in [7, 11) is 2.21. The van der Waals surface area contributed by atoms with E-state index in [0.717, 1.165) is 12.5 Å². The topological polar surface area (TPSA) is 12.5 Å². The number of hydrogen-bond donors (Lipinski definition) is 0. The second-order valence-corrected chi connectivity index (χ2v) is 4.75. The van der Waals surface area contributed by atoms with Crippen molar-refractivity contribution in [2.24, 2.45) is 5.92 Å². The molecule has 1 heterocycles. The van der Waals surface area contributed by atoms with Crippen LogP contribution >= 0.6 is 0 Å². The summed E-state index contributed by atoms with van der Waals surface area (Å²) in [6.07, 6.45) is 5.81. The number of likely N-dealkylation sites (tertiary alicyclic amines) is 1. The van der Waals surface area contributed by atoms with E-state index in [4.69, 9.17) is 4.74 Å². The van der Waals surface area contributed by atoms with Crippen LogP contribution in [0.3, 0.4) is 0 Å². The van der Waals surface area contributed by atoms with Crippen molar-refractivity contribution in [1.29, 1.82) is 0 Å². The highest BCUT2D eigenvalue weighted by atomic mass is 16.5. The minimum atomic E-state index is 0.548. The number of ether oxygens (including phenoxy) is 1. The van der Waals surface area contributed by atoms with Crippen molar-refractivity contribution in [2.75, 3.05) is 20.2 Å². The molecule has 0 aromatic carbocycles. The van der Waals surface area contributed by atoms with Gasteiger partial charge in [0.2, 0.25) is 0 Å². The lowest BCUT2D eigenvalue weighted by atomic mass is 10.0. The van der Waals surface area contributed by atoms with Crippen LogP contribution < -0.4 is 0 Å². The third-order valence-electron chi connectivity index (χ3n) is 3.42. The van der Waals surface area contributed by atoms with E-state index in [9.17, 15) is 0 Å². The van der Waals surface area contributed by atoms with Crippen LogP contribution in [0.25, 0.3) is 0 Å². The van der Waals surface area contributed by atoms with Crippen molar-refractivity contribution in [3.63, 3.8) is 0 Å². The molecule has 2 rings (SSSR count). The maximum Gasteiger partial charge on any atom is 0.0602 e. The summed E-state index contributed by atoms with van der Waals surface area (Å²) in [5.74, 6) is 0.912. The summed E-state index contributed by atoms with van der Waals surface area (Å²) in [4.78, 5) is 2.43. The minimum absolute atomic E-state index is 0.548. The van der Waals surface area contributed by atoms with Crippen molar-refractivity contribution in [1.82, 2.24) is 4.90 Å². The Labute approximate surface area is 81.3 Å². The second kappa shape index (κ2) is 3.97. The van der Waals surface area contributed by atoms with Crippen molar-refractivity contribution in [3.05, 3.63) is 0 Å². The Hall–Kier alpha value is -0.0800. The van der Waals surface area contributed by atoms with E-state index in [1.807, 2.05) is 0 Å². The Morgan fingerprint density at radius 2 is 2.08 bits per heavy atom.